The van der Waals surface area contributed by atoms with Crippen molar-refractivity contribution in [1.29, 1.82) is 0 Å². The van der Waals surface area contributed by atoms with E-state index in [2.05, 4.69) is 0 Å². The summed E-state index contributed by atoms with van der Waals surface area (Å²) in [5.74, 6) is 0.249. The monoisotopic (exact) mass is 244 g/mol. The molecule has 0 aromatic heterocycles. The van der Waals surface area contributed by atoms with Crippen molar-refractivity contribution in [3.63, 3.8) is 0 Å². The van der Waals surface area contributed by atoms with E-state index in [1.807, 2.05) is 0 Å². The Hall–Kier alpha value is -0.510. The van der Waals surface area contributed by atoms with Gasteiger partial charge in [-0.05, 0) is 36.5 Å². The van der Waals surface area contributed by atoms with Gasteiger partial charge in [0.15, 0.2) is 0 Å². The standard InChI is InChI=1S/C13H15F3O/c14-13(15,16)12-5-4-9-7-2-1-3-8(7)10(12)11(9,12)6-17/h4-5,7-10,17H,1-3,6H2. The van der Waals surface area contributed by atoms with Crippen LogP contribution in [0.1, 0.15) is 19.3 Å². The largest absolute Gasteiger partial charge is 0.398 e. The lowest BCUT2D eigenvalue weighted by molar-refractivity contribution is -0.192. The molecule has 0 amide bonds. The minimum Gasteiger partial charge on any atom is -0.396 e. The maximum Gasteiger partial charge on any atom is 0.398 e. The molecule has 4 rings (SSSR count). The van der Waals surface area contributed by atoms with Crippen LogP contribution >= 0.6 is 0 Å². The number of hydrogen-bond donors (Lipinski definition) is 1. The van der Waals surface area contributed by atoms with Gasteiger partial charge in [0.05, 0.1) is 12.0 Å². The van der Waals surface area contributed by atoms with Crippen molar-refractivity contribution in [2.45, 2.75) is 25.4 Å². The van der Waals surface area contributed by atoms with E-state index in [-0.39, 0.29) is 24.4 Å². The van der Waals surface area contributed by atoms with E-state index in [0.717, 1.165) is 19.3 Å². The molecule has 0 aromatic carbocycles. The van der Waals surface area contributed by atoms with Gasteiger partial charge in [-0.25, -0.2) is 0 Å². The molecule has 4 aliphatic rings. The summed E-state index contributed by atoms with van der Waals surface area (Å²) in [6.07, 6.45) is 1.98. The maximum absolute atomic E-state index is 13.4. The molecule has 17 heavy (non-hydrogen) atoms. The third-order valence-corrected chi connectivity index (χ3v) is 6.14. The van der Waals surface area contributed by atoms with Gasteiger partial charge < -0.3 is 5.11 Å². The van der Waals surface area contributed by atoms with E-state index >= 15 is 0 Å². The van der Waals surface area contributed by atoms with Gasteiger partial charge in [0, 0.05) is 5.41 Å². The molecule has 4 aliphatic carbocycles. The molecule has 6 unspecified atom stereocenters. The van der Waals surface area contributed by atoms with Gasteiger partial charge in [-0.3, -0.25) is 0 Å². The van der Waals surface area contributed by atoms with E-state index in [0.29, 0.717) is 5.92 Å². The molecule has 0 heterocycles. The fraction of sp³-hybridized carbons (Fsp3) is 0.846. The number of rotatable bonds is 1. The smallest absolute Gasteiger partial charge is 0.396 e. The number of hydrogen-bond acceptors (Lipinski definition) is 1. The summed E-state index contributed by atoms with van der Waals surface area (Å²) >= 11 is 0. The third kappa shape index (κ3) is 0.770. The second kappa shape index (κ2) is 2.58. The molecule has 3 fully saturated rings. The number of allylic oxidation sites excluding steroid dienone is 2. The van der Waals surface area contributed by atoms with Crippen molar-refractivity contribution in [2.75, 3.05) is 6.61 Å². The van der Waals surface area contributed by atoms with Crippen LogP contribution in [0.2, 0.25) is 0 Å². The van der Waals surface area contributed by atoms with Gasteiger partial charge in [-0.2, -0.15) is 13.2 Å². The summed E-state index contributed by atoms with van der Waals surface area (Å²) in [5, 5.41) is 9.59. The minimum atomic E-state index is -4.20. The molecule has 0 saturated heterocycles. The predicted molar refractivity (Wildman–Crippen MR) is 55.0 cm³/mol. The number of alkyl halides is 3. The van der Waals surface area contributed by atoms with Gasteiger partial charge >= 0.3 is 6.18 Å². The molecule has 0 bridgehead atoms. The normalized spacial score (nSPS) is 58.4. The first kappa shape index (κ1) is 10.4. The highest BCUT2D eigenvalue weighted by molar-refractivity contribution is 5.45. The van der Waals surface area contributed by atoms with Crippen LogP contribution < -0.4 is 0 Å². The first-order valence-corrected chi connectivity index (χ1v) is 6.37. The van der Waals surface area contributed by atoms with Crippen LogP contribution in [0, 0.1) is 34.5 Å². The lowest BCUT2D eigenvalue weighted by Gasteiger charge is -2.29. The van der Waals surface area contributed by atoms with Gasteiger partial charge in [0.1, 0.15) is 0 Å². The fourth-order valence-electron chi connectivity index (χ4n) is 5.78. The Morgan fingerprint density at radius 3 is 2.59 bits per heavy atom. The predicted octanol–water partition coefficient (Wildman–Crippen LogP) is 2.76. The molecular formula is C13H15F3O. The van der Waals surface area contributed by atoms with E-state index in [9.17, 15) is 18.3 Å². The zero-order valence-corrected chi connectivity index (χ0v) is 9.37. The van der Waals surface area contributed by atoms with Gasteiger partial charge in [0.2, 0.25) is 0 Å². The lowest BCUT2D eigenvalue weighted by atomic mass is 9.78. The van der Waals surface area contributed by atoms with Crippen LogP contribution in [0.15, 0.2) is 12.2 Å². The van der Waals surface area contributed by atoms with Crippen molar-refractivity contribution in [3.05, 3.63) is 12.2 Å². The molecule has 1 N–H and O–H groups in total. The third-order valence-electron chi connectivity index (χ3n) is 6.14. The highest BCUT2D eigenvalue weighted by Crippen LogP contribution is 2.90. The van der Waals surface area contributed by atoms with Crippen LogP contribution in [0.25, 0.3) is 0 Å². The molecule has 0 radical (unpaired) electrons. The van der Waals surface area contributed by atoms with Gasteiger partial charge in [-0.15, -0.1) is 0 Å². The number of aliphatic hydroxyl groups is 1. The molecule has 1 nitrogen and oxygen atoms in total. The van der Waals surface area contributed by atoms with E-state index in [1.54, 1.807) is 6.08 Å². The molecule has 6 atom stereocenters. The Kier molecular flexibility index (Phi) is 1.58. The van der Waals surface area contributed by atoms with Crippen LogP contribution in [0.5, 0.6) is 0 Å². The zero-order valence-electron chi connectivity index (χ0n) is 9.37. The second-order valence-electron chi connectivity index (χ2n) is 6.19. The van der Waals surface area contributed by atoms with Crippen molar-refractivity contribution < 1.29 is 18.3 Å². The summed E-state index contributed by atoms with van der Waals surface area (Å²) in [6.45, 7) is -0.304. The van der Waals surface area contributed by atoms with E-state index in [4.69, 9.17) is 0 Å². The molecule has 0 aromatic rings. The van der Waals surface area contributed by atoms with Crippen LogP contribution in [0.4, 0.5) is 13.2 Å². The lowest BCUT2D eigenvalue weighted by Crippen LogP contribution is -2.35. The molecule has 3 saturated carbocycles. The van der Waals surface area contributed by atoms with Crippen LogP contribution in [0.3, 0.4) is 0 Å². The Morgan fingerprint density at radius 2 is 1.94 bits per heavy atom. The number of halogens is 3. The van der Waals surface area contributed by atoms with E-state index < -0.39 is 17.0 Å². The Balaban J connectivity index is 1.86. The van der Waals surface area contributed by atoms with Crippen molar-refractivity contribution in [1.82, 2.24) is 0 Å². The maximum atomic E-state index is 13.4. The summed E-state index contributed by atoms with van der Waals surface area (Å²) in [6, 6.07) is 0. The average Bonchev–Trinajstić information content (AvgIpc) is 2.60. The molecule has 4 heteroatoms. The van der Waals surface area contributed by atoms with Crippen molar-refractivity contribution in [2.24, 2.45) is 34.5 Å². The molecule has 94 valence electrons. The van der Waals surface area contributed by atoms with Crippen molar-refractivity contribution in [3.8, 4) is 0 Å². The SMILES string of the molecule is OCC12C3C=CC1(C(F)(F)F)C2C1CCCC13. The molecular weight excluding hydrogens is 229 g/mol. The highest BCUT2D eigenvalue weighted by Gasteiger charge is 2.93. The highest BCUT2D eigenvalue weighted by atomic mass is 19.4. The summed E-state index contributed by atoms with van der Waals surface area (Å²) in [4.78, 5) is 0. The molecule has 0 spiro atoms. The van der Waals surface area contributed by atoms with Crippen LogP contribution in [-0.2, 0) is 0 Å². The van der Waals surface area contributed by atoms with Gasteiger partial charge in [-0.1, -0.05) is 18.6 Å². The van der Waals surface area contributed by atoms with Gasteiger partial charge in [0.25, 0.3) is 0 Å². The average molecular weight is 244 g/mol. The second-order valence-corrected chi connectivity index (χ2v) is 6.19. The number of fused-ring (bicyclic) bond motifs is 4. The van der Waals surface area contributed by atoms with E-state index in [1.165, 1.54) is 6.08 Å². The zero-order chi connectivity index (χ0) is 12.1. The summed E-state index contributed by atoms with van der Waals surface area (Å²) < 4.78 is 40.1. The first-order valence-electron chi connectivity index (χ1n) is 6.37. The topological polar surface area (TPSA) is 20.2 Å². The quantitative estimate of drug-likeness (QED) is 0.703. The summed E-state index contributed by atoms with van der Waals surface area (Å²) in [5.41, 5.74) is -2.55. The Morgan fingerprint density at radius 1 is 1.24 bits per heavy atom. The Labute approximate surface area is 97.7 Å². The van der Waals surface area contributed by atoms with Crippen molar-refractivity contribution >= 4 is 0 Å². The summed E-state index contributed by atoms with van der Waals surface area (Å²) in [7, 11) is 0. The molecule has 0 aliphatic heterocycles. The van der Waals surface area contributed by atoms with Crippen LogP contribution in [-0.4, -0.2) is 17.9 Å². The Bertz CT molecular complexity index is 415. The fourth-order valence-corrected chi connectivity index (χ4v) is 5.78. The first-order chi connectivity index (χ1) is 8.00. The minimum absolute atomic E-state index is 0.0216. The number of aliphatic hydroxyl groups excluding tert-OH is 1.